The van der Waals surface area contributed by atoms with Crippen LogP contribution in [0.5, 0.6) is 0 Å². The molecular formula is C17H23N3. The fourth-order valence-electron chi connectivity index (χ4n) is 2.19. The topological polar surface area (TPSA) is 37.8 Å². The Bertz CT molecular complexity index is 549. The van der Waals surface area contributed by atoms with E-state index in [1.54, 1.807) is 0 Å². The molecule has 2 aromatic rings. The van der Waals surface area contributed by atoms with E-state index in [2.05, 4.69) is 66.4 Å². The summed E-state index contributed by atoms with van der Waals surface area (Å²) in [5, 5.41) is 3.40. The molecule has 1 unspecified atom stereocenters. The minimum absolute atomic E-state index is 0.305. The Morgan fingerprint density at radius 2 is 1.75 bits per heavy atom. The van der Waals surface area contributed by atoms with Gasteiger partial charge in [-0.05, 0) is 37.8 Å². The molecule has 1 aromatic heterocycles. The maximum Gasteiger partial charge on any atom is 0.223 e. The zero-order valence-corrected chi connectivity index (χ0v) is 12.7. The smallest absolute Gasteiger partial charge is 0.223 e. The van der Waals surface area contributed by atoms with E-state index in [-0.39, 0.29) is 0 Å². The lowest BCUT2D eigenvalue weighted by Gasteiger charge is -2.15. The molecule has 3 heteroatoms. The third kappa shape index (κ3) is 4.05. The zero-order chi connectivity index (χ0) is 14.5. The van der Waals surface area contributed by atoms with Crippen LogP contribution in [0, 0.1) is 6.92 Å². The van der Waals surface area contributed by atoms with E-state index in [9.17, 15) is 0 Å². The van der Waals surface area contributed by atoms with E-state index in [1.165, 1.54) is 5.56 Å². The van der Waals surface area contributed by atoms with Gasteiger partial charge in [0, 0.05) is 17.4 Å². The molecule has 0 saturated carbocycles. The predicted molar refractivity (Wildman–Crippen MR) is 84.1 cm³/mol. The summed E-state index contributed by atoms with van der Waals surface area (Å²) in [6, 6.07) is 12.8. The van der Waals surface area contributed by atoms with Crippen molar-refractivity contribution in [2.24, 2.45) is 0 Å². The van der Waals surface area contributed by atoms with Crippen LogP contribution < -0.4 is 5.32 Å². The molecule has 1 aromatic carbocycles. The maximum atomic E-state index is 4.59. The van der Waals surface area contributed by atoms with Gasteiger partial charge >= 0.3 is 0 Å². The molecule has 0 spiro atoms. The highest BCUT2D eigenvalue weighted by molar-refractivity contribution is 5.31. The second-order valence-corrected chi connectivity index (χ2v) is 5.65. The van der Waals surface area contributed by atoms with Crippen molar-refractivity contribution in [1.29, 1.82) is 0 Å². The average molecular weight is 269 g/mol. The largest absolute Gasteiger partial charge is 0.351 e. The first-order valence-electron chi connectivity index (χ1n) is 7.20. The molecule has 2 rings (SSSR count). The second-order valence-electron chi connectivity index (χ2n) is 5.65. The number of anilines is 1. The van der Waals surface area contributed by atoms with Crippen LogP contribution in [-0.4, -0.2) is 16.0 Å². The number of hydrogen-bond acceptors (Lipinski definition) is 3. The summed E-state index contributed by atoms with van der Waals surface area (Å²) in [4.78, 5) is 9.07. The molecule has 0 amide bonds. The fraction of sp³-hybridized carbons (Fsp3) is 0.412. The monoisotopic (exact) mass is 269 g/mol. The van der Waals surface area contributed by atoms with Crippen molar-refractivity contribution >= 4 is 5.95 Å². The van der Waals surface area contributed by atoms with E-state index < -0.39 is 0 Å². The summed E-state index contributed by atoms with van der Waals surface area (Å²) in [6.45, 7) is 8.48. The highest BCUT2D eigenvalue weighted by Gasteiger charge is 2.09. The lowest BCUT2D eigenvalue weighted by atomic mass is 10.1. The van der Waals surface area contributed by atoms with Crippen molar-refractivity contribution in [2.45, 2.75) is 46.1 Å². The number of nitrogens with zero attached hydrogens (tertiary/aromatic N) is 2. The molecule has 0 saturated heterocycles. The molecule has 0 radical (unpaired) electrons. The summed E-state index contributed by atoms with van der Waals surface area (Å²) in [7, 11) is 0. The molecule has 3 nitrogen and oxygen atoms in total. The standard InChI is InChI=1S/C17H23N3/c1-12(2)16-11-14(4)19-17(20-16)18-13(3)10-15-8-6-5-7-9-15/h5-9,11-13H,10H2,1-4H3,(H,18,19,20). The van der Waals surface area contributed by atoms with E-state index in [4.69, 9.17) is 0 Å². The minimum Gasteiger partial charge on any atom is -0.351 e. The summed E-state index contributed by atoms with van der Waals surface area (Å²) >= 11 is 0. The molecular weight excluding hydrogens is 246 g/mol. The van der Waals surface area contributed by atoms with Gasteiger partial charge in [-0.15, -0.1) is 0 Å². The van der Waals surface area contributed by atoms with E-state index >= 15 is 0 Å². The van der Waals surface area contributed by atoms with Gasteiger partial charge in [0.2, 0.25) is 5.95 Å². The highest BCUT2D eigenvalue weighted by atomic mass is 15.1. The Morgan fingerprint density at radius 3 is 2.40 bits per heavy atom. The highest BCUT2D eigenvalue weighted by Crippen LogP contribution is 2.15. The maximum absolute atomic E-state index is 4.59. The molecule has 0 aliphatic heterocycles. The van der Waals surface area contributed by atoms with E-state index in [1.807, 2.05) is 13.0 Å². The summed E-state index contributed by atoms with van der Waals surface area (Å²) in [6.07, 6.45) is 0.967. The van der Waals surface area contributed by atoms with Gasteiger partial charge in [0.05, 0.1) is 0 Å². The van der Waals surface area contributed by atoms with Gasteiger partial charge in [-0.3, -0.25) is 0 Å². The Kier molecular flexibility index (Phi) is 4.72. The molecule has 0 aliphatic carbocycles. The number of aryl methyl sites for hydroxylation is 1. The van der Waals surface area contributed by atoms with Gasteiger partial charge in [-0.1, -0.05) is 44.2 Å². The third-order valence-electron chi connectivity index (χ3n) is 3.23. The van der Waals surface area contributed by atoms with Crippen LogP contribution in [0.3, 0.4) is 0 Å². The number of rotatable bonds is 5. The normalized spacial score (nSPS) is 12.4. The molecule has 20 heavy (non-hydrogen) atoms. The second kappa shape index (κ2) is 6.51. The Hall–Kier alpha value is -1.90. The molecule has 106 valence electrons. The zero-order valence-electron chi connectivity index (χ0n) is 12.7. The summed E-state index contributed by atoms with van der Waals surface area (Å²) in [5.74, 6) is 1.15. The van der Waals surface area contributed by atoms with Crippen LogP contribution in [0.25, 0.3) is 0 Å². The van der Waals surface area contributed by atoms with Crippen LogP contribution in [0.2, 0.25) is 0 Å². The SMILES string of the molecule is Cc1cc(C(C)C)nc(NC(C)Cc2ccccc2)n1. The van der Waals surface area contributed by atoms with Gasteiger partial charge < -0.3 is 5.32 Å². The van der Waals surface area contributed by atoms with Gasteiger partial charge in [0.1, 0.15) is 0 Å². The van der Waals surface area contributed by atoms with Gasteiger partial charge in [-0.25, -0.2) is 9.97 Å². The molecule has 1 N–H and O–H groups in total. The van der Waals surface area contributed by atoms with Crippen LogP contribution in [0.4, 0.5) is 5.95 Å². The van der Waals surface area contributed by atoms with Gasteiger partial charge in [0.25, 0.3) is 0 Å². The van der Waals surface area contributed by atoms with Crippen molar-refractivity contribution in [3.8, 4) is 0 Å². The van der Waals surface area contributed by atoms with Crippen LogP contribution in [0.1, 0.15) is 43.6 Å². The van der Waals surface area contributed by atoms with E-state index in [0.29, 0.717) is 12.0 Å². The molecule has 1 atom stereocenters. The lowest BCUT2D eigenvalue weighted by molar-refractivity contribution is 0.760. The number of hydrogen-bond donors (Lipinski definition) is 1. The van der Waals surface area contributed by atoms with Crippen LogP contribution in [0.15, 0.2) is 36.4 Å². The van der Waals surface area contributed by atoms with Crippen molar-refractivity contribution in [3.63, 3.8) is 0 Å². The Balaban J connectivity index is 2.06. The fourth-order valence-corrected chi connectivity index (χ4v) is 2.19. The van der Waals surface area contributed by atoms with Crippen molar-refractivity contribution in [1.82, 2.24) is 9.97 Å². The number of aromatic nitrogens is 2. The Morgan fingerprint density at radius 1 is 1.05 bits per heavy atom. The first-order chi connectivity index (χ1) is 9.54. The van der Waals surface area contributed by atoms with Crippen LogP contribution in [-0.2, 0) is 6.42 Å². The van der Waals surface area contributed by atoms with Gasteiger partial charge in [0.15, 0.2) is 0 Å². The first kappa shape index (κ1) is 14.5. The molecule has 1 heterocycles. The molecule has 0 fully saturated rings. The summed E-state index contributed by atoms with van der Waals surface area (Å²) in [5.41, 5.74) is 3.43. The number of benzene rings is 1. The Labute approximate surface area is 121 Å². The van der Waals surface area contributed by atoms with Crippen molar-refractivity contribution in [3.05, 3.63) is 53.3 Å². The van der Waals surface area contributed by atoms with Gasteiger partial charge in [-0.2, -0.15) is 0 Å². The third-order valence-corrected chi connectivity index (χ3v) is 3.23. The first-order valence-corrected chi connectivity index (χ1v) is 7.20. The van der Waals surface area contributed by atoms with Crippen LogP contribution >= 0.6 is 0 Å². The van der Waals surface area contributed by atoms with Crippen molar-refractivity contribution in [2.75, 3.05) is 5.32 Å². The summed E-state index contributed by atoms with van der Waals surface area (Å²) < 4.78 is 0. The molecule has 0 bridgehead atoms. The predicted octanol–water partition coefficient (Wildman–Crippen LogP) is 3.95. The van der Waals surface area contributed by atoms with E-state index in [0.717, 1.165) is 23.8 Å². The average Bonchev–Trinajstić information content (AvgIpc) is 2.38. The van der Waals surface area contributed by atoms with Crippen molar-refractivity contribution < 1.29 is 0 Å². The minimum atomic E-state index is 0.305. The quantitative estimate of drug-likeness (QED) is 0.893. The number of nitrogens with one attached hydrogen (secondary N) is 1. The lowest BCUT2D eigenvalue weighted by Crippen LogP contribution is -2.20. The molecule has 0 aliphatic rings.